The first-order chi connectivity index (χ1) is 7.86. The van der Waals surface area contributed by atoms with Gasteiger partial charge in [-0.3, -0.25) is 0 Å². The van der Waals surface area contributed by atoms with Crippen LogP contribution in [0, 0.1) is 6.07 Å². The Morgan fingerprint density at radius 3 is 2.18 bits per heavy atom. The van der Waals surface area contributed by atoms with Crippen LogP contribution in [-0.2, 0) is 0 Å². The van der Waals surface area contributed by atoms with E-state index in [2.05, 4.69) is 19.9 Å². The van der Waals surface area contributed by atoms with E-state index >= 15 is 0 Å². The van der Waals surface area contributed by atoms with E-state index in [1.165, 1.54) is 0 Å². The molecule has 1 aromatic rings. The number of ether oxygens (including phenoxy) is 2. The van der Waals surface area contributed by atoms with E-state index in [1.807, 2.05) is 18.2 Å². The lowest BCUT2D eigenvalue weighted by Crippen LogP contribution is -1.98. The molecular weight excluding hydrogens is 224 g/mol. The van der Waals surface area contributed by atoms with E-state index in [-0.39, 0.29) is 23.1 Å². The maximum Gasteiger partial charge on any atom is 0.316 e. The predicted octanol–water partition coefficient (Wildman–Crippen LogP) is 2.93. The second-order valence-electron chi connectivity index (χ2n) is 3.79. The van der Waals surface area contributed by atoms with Crippen LogP contribution in [0.2, 0.25) is 0 Å². The number of benzene rings is 1. The van der Waals surface area contributed by atoms with Gasteiger partial charge in [-0.15, -0.1) is 0 Å². The average molecular weight is 248 g/mol. The summed E-state index contributed by atoms with van der Waals surface area (Å²) in [6.07, 6.45) is 4.48. The number of unbranched alkanes of at least 4 members (excludes halogenated alkanes) is 2. The summed E-state index contributed by atoms with van der Waals surface area (Å²) in [7, 11) is 0. The fourth-order valence-corrected chi connectivity index (χ4v) is 1.24. The van der Waals surface area contributed by atoms with Gasteiger partial charge < -0.3 is 9.47 Å². The molecule has 0 aromatic heterocycles. The molecule has 0 spiro atoms. The van der Waals surface area contributed by atoms with Gasteiger partial charge in [-0.1, -0.05) is 26.7 Å². The van der Waals surface area contributed by atoms with Crippen molar-refractivity contribution in [3.05, 3.63) is 24.3 Å². The summed E-state index contributed by atoms with van der Waals surface area (Å²) in [5.74, 6) is 1.67. The first kappa shape index (κ1) is 16.6. The van der Waals surface area contributed by atoms with Crippen molar-refractivity contribution in [2.24, 2.45) is 0 Å². The van der Waals surface area contributed by atoms with Crippen LogP contribution in [0.15, 0.2) is 18.2 Å². The van der Waals surface area contributed by atoms with E-state index in [0.29, 0.717) is 0 Å². The molecule has 1 rings (SSSR count). The molecule has 0 N–H and O–H groups in total. The van der Waals surface area contributed by atoms with Gasteiger partial charge >= 0.3 is 23.1 Å². The molecule has 0 amide bonds. The highest BCUT2D eigenvalue weighted by molar-refractivity contribution is 5.75. The Bertz CT molecular complexity index is 243. The van der Waals surface area contributed by atoms with Gasteiger partial charge in [0.05, 0.1) is 13.2 Å². The molecule has 0 unspecified atom stereocenters. The lowest BCUT2D eigenvalue weighted by molar-refractivity contribution is 0.300. The lowest BCUT2D eigenvalue weighted by Gasteiger charge is -2.07. The Kier molecular flexibility index (Phi) is 10.5. The maximum atomic E-state index is 5.54. The molecule has 0 saturated carbocycles. The van der Waals surface area contributed by atoms with E-state index in [0.717, 1.165) is 50.4 Å². The summed E-state index contributed by atoms with van der Waals surface area (Å²) >= 11 is 0. The van der Waals surface area contributed by atoms with Gasteiger partial charge in [0.1, 0.15) is 11.5 Å². The zero-order chi connectivity index (χ0) is 11.6. The van der Waals surface area contributed by atoms with Crippen molar-refractivity contribution in [3.8, 4) is 11.5 Å². The Hall–Kier alpha value is -0.414. The van der Waals surface area contributed by atoms with Gasteiger partial charge in [-0.2, -0.15) is 0 Å². The van der Waals surface area contributed by atoms with Crippen LogP contribution >= 0.6 is 0 Å². The SMILES string of the molecule is CCCCOc1[c]cc(OCCCC)cc1.[MgH2]. The summed E-state index contributed by atoms with van der Waals surface area (Å²) in [6, 6.07) is 8.77. The Morgan fingerprint density at radius 2 is 1.65 bits per heavy atom. The van der Waals surface area contributed by atoms with Crippen molar-refractivity contribution in [2.75, 3.05) is 13.2 Å². The minimum absolute atomic E-state index is 0. The zero-order valence-corrected chi connectivity index (χ0v) is 10.3. The molecule has 1 radical (unpaired) electrons. The largest absolute Gasteiger partial charge is 0.494 e. The van der Waals surface area contributed by atoms with Crippen LogP contribution in [-0.4, -0.2) is 36.3 Å². The quantitative estimate of drug-likeness (QED) is 0.519. The molecule has 0 fully saturated rings. The van der Waals surface area contributed by atoms with Crippen molar-refractivity contribution < 1.29 is 9.47 Å². The summed E-state index contributed by atoms with van der Waals surface area (Å²) < 4.78 is 11.1. The molecule has 0 aliphatic rings. The van der Waals surface area contributed by atoms with Crippen LogP contribution in [0.3, 0.4) is 0 Å². The van der Waals surface area contributed by atoms with E-state index in [9.17, 15) is 0 Å². The van der Waals surface area contributed by atoms with Crippen LogP contribution in [0.1, 0.15) is 39.5 Å². The van der Waals surface area contributed by atoms with Gasteiger partial charge in [-0.05, 0) is 31.0 Å². The maximum absolute atomic E-state index is 5.54. The third-order valence-corrected chi connectivity index (χ3v) is 2.28. The smallest absolute Gasteiger partial charge is 0.316 e. The highest BCUT2D eigenvalue weighted by Gasteiger charge is 1.96. The van der Waals surface area contributed by atoms with E-state index < -0.39 is 0 Å². The number of hydrogen-bond donors (Lipinski definition) is 0. The fraction of sp³-hybridized carbons (Fsp3) is 0.571. The van der Waals surface area contributed by atoms with E-state index in [1.54, 1.807) is 0 Å². The zero-order valence-electron chi connectivity index (χ0n) is 10.3. The molecule has 93 valence electrons. The molecule has 2 nitrogen and oxygen atoms in total. The summed E-state index contributed by atoms with van der Waals surface area (Å²) in [6.45, 7) is 5.85. The second-order valence-corrected chi connectivity index (χ2v) is 3.79. The molecule has 0 atom stereocenters. The van der Waals surface area contributed by atoms with Crippen molar-refractivity contribution >= 4 is 23.1 Å². The third-order valence-electron chi connectivity index (χ3n) is 2.28. The standard InChI is InChI=1S/C14H21O2.Mg.2H/c1-3-5-11-15-13-7-9-14(10-8-13)16-12-6-4-2;;;/h7-9H,3-6,11-12H2,1-2H3;;;. The van der Waals surface area contributed by atoms with Crippen molar-refractivity contribution in [1.82, 2.24) is 0 Å². The molecule has 17 heavy (non-hydrogen) atoms. The molecule has 0 aliphatic heterocycles. The van der Waals surface area contributed by atoms with Gasteiger partial charge in [0.25, 0.3) is 0 Å². The lowest BCUT2D eigenvalue weighted by atomic mass is 10.3. The van der Waals surface area contributed by atoms with Crippen LogP contribution in [0.4, 0.5) is 0 Å². The fourth-order valence-electron chi connectivity index (χ4n) is 1.24. The highest BCUT2D eigenvalue weighted by atomic mass is 24.3. The molecule has 0 aliphatic carbocycles. The average Bonchev–Trinajstić information content (AvgIpc) is 2.32. The highest BCUT2D eigenvalue weighted by Crippen LogP contribution is 2.17. The van der Waals surface area contributed by atoms with Gasteiger partial charge in [0, 0.05) is 6.07 Å². The van der Waals surface area contributed by atoms with Crippen molar-refractivity contribution in [3.63, 3.8) is 0 Å². The summed E-state index contributed by atoms with van der Waals surface area (Å²) in [5, 5.41) is 0. The second kappa shape index (κ2) is 10.7. The molecule has 0 heterocycles. The van der Waals surface area contributed by atoms with Crippen molar-refractivity contribution in [2.45, 2.75) is 39.5 Å². The van der Waals surface area contributed by atoms with Gasteiger partial charge in [-0.25, -0.2) is 0 Å². The van der Waals surface area contributed by atoms with E-state index in [4.69, 9.17) is 9.47 Å². The van der Waals surface area contributed by atoms with Crippen LogP contribution < -0.4 is 9.47 Å². The number of hydrogen-bond acceptors (Lipinski definition) is 2. The van der Waals surface area contributed by atoms with Gasteiger partial charge in [0.2, 0.25) is 0 Å². The molecule has 3 heteroatoms. The van der Waals surface area contributed by atoms with Crippen molar-refractivity contribution in [1.29, 1.82) is 0 Å². The minimum atomic E-state index is 0. The Balaban J connectivity index is 0.00000256. The Morgan fingerprint density at radius 1 is 1.00 bits per heavy atom. The normalized spacial score (nSPS) is 9.53. The first-order valence-corrected chi connectivity index (χ1v) is 6.14. The monoisotopic (exact) mass is 247 g/mol. The first-order valence-electron chi connectivity index (χ1n) is 6.14. The minimum Gasteiger partial charge on any atom is -0.494 e. The number of rotatable bonds is 8. The van der Waals surface area contributed by atoms with Crippen LogP contribution in [0.5, 0.6) is 11.5 Å². The summed E-state index contributed by atoms with van der Waals surface area (Å²) in [5.41, 5.74) is 0. The molecular formula is C14H23MgO2. The van der Waals surface area contributed by atoms with Gasteiger partial charge in [0.15, 0.2) is 0 Å². The van der Waals surface area contributed by atoms with Crippen LogP contribution in [0.25, 0.3) is 0 Å². The predicted molar refractivity (Wildman–Crippen MR) is 74.6 cm³/mol. The third kappa shape index (κ3) is 7.50. The summed E-state index contributed by atoms with van der Waals surface area (Å²) in [4.78, 5) is 0. The Labute approximate surface area is 121 Å². The topological polar surface area (TPSA) is 18.5 Å². The molecule has 1 aromatic carbocycles. The molecule has 0 saturated heterocycles. The molecule has 0 bridgehead atoms.